The van der Waals surface area contributed by atoms with Crippen molar-refractivity contribution in [3.05, 3.63) is 24.3 Å². The molecule has 5 nitrogen and oxygen atoms in total. The molecule has 1 saturated heterocycles. The van der Waals surface area contributed by atoms with E-state index in [9.17, 15) is 9.59 Å². The van der Waals surface area contributed by atoms with Crippen LogP contribution in [0.15, 0.2) is 24.3 Å². The molecule has 0 N–H and O–H groups in total. The molecule has 2 amide bonds. The van der Waals surface area contributed by atoms with Crippen LogP contribution >= 0.6 is 0 Å². The number of carbonyl (C=O) groups excluding carboxylic acids is 2. The fourth-order valence-electron chi connectivity index (χ4n) is 2.92. The molecule has 0 aliphatic carbocycles. The van der Waals surface area contributed by atoms with Crippen LogP contribution in [0.4, 0.5) is 5.69 Å². The molecule has 1 aromatic carbocycles. The van der Waals surface area contributed by atoms with Crippen molar-refractivity contribution in [3.8, 4) is 5.75 Å². The maximum atomic E-state index is 12.5. The van der Waals surface area contributed by atoms with Gasteiger partial charge in [0, 0.05) is 25.7 Å². The van der Waals surface area contributed by atoms with E-state index in [1.54, 1.807) is 0 Å². The number of nitrogens with zero attached hydrogens (tertiary/aromatic N) is 2. The van der Waals surface area contributed by atoms with E-state index in [-0.39, 0.29) is 18.4 Å². The van der Waals surface area contributed by atoms with Crippen molar-refractivity contribution in [1.82, 2.24) is 4.90 Å². The Labute approximate surface area is 138 Å². The van der Waals surface area contributed by atoms with Gasteiger partial charge in [-0.1, -0.05) is 6.92 Å². The van der Waals surface area contributed by atoms with Crippen LogP contribution in [-0.2, 0) is 9.59 Å². The first-order valence-electron chi connectivity index (χ1n) is 8.30. The molecule has 0 aromatic heterocycles. The van der Waals surface area contributed by atoms with E-state index in [1.807, 2.05) is 36.1 Å². The van der Waals surface area contributed by atoms with Crippen LogP contribution in [-0.4, -0.2) is 43.0 Å². The SMILES string of the molecule is CCOc1ccc(N(CC(=O)N2CCCC(C)C2)C(C)=O)cc1. The third kappa shape index (κ3) is 4.71. The van der Waals surface area contributed by atoms with Crippen molar-refractivity contribution < 1.29 is 14.3 Å². The van der Waals surface area contributed by atoms with Crippen LogP contribution in [0, 0.1) is 5.92 Å². The number of benzene rings is 1. The lowest BCUT2D eigenvalue weighted by atomic mass is 10.0. The van der Waals surface area contributed by atoms with Gasteiger partial charge in [-0.15, -0.1) is 0 Å². The molecule has 0 spiro atoms. The summed E-state index contributed by atoms with van der Waals surface area (Å²) in [5, 5.41) is 0. The first kappa shape index (κ1) is 17.3. The minimum Gasteiger partial charge on any atom is -0.494 e. The second-order valence-electron chi connectivity index (χ2n) is 6.12. The Morgan fingerprint density at radius 2 is 2.00 bits per heavy atom. The maximum Gasteiger partial charge on any atom is 0.242 e. The highest BCUT2D eigenvalue weighted by atomic mass is 16.5. The standard InChI is InChI=1S/C18H26N2O3/c1-4-23-17-9-7-16(8-10-17)20(15(3)21)13-18(22)19-11-5-6-14(2)12-19/h7-10,14H,4-6,11-13H2,1-3H3. The van der Waals surface area contributed by atoms with Gasteiger partial charge in [0.2, 0.25) is 11.8 Å². The van der Waals surface area contributed by atoms with E-state index in [4.69, 9.17) is 4.74 Å². The highest BCUT2D eigenvalue weighted by molar-refractivity contribution is 5.97. The summed E-state index contributed by atoms with van der Waals surface area (Å²) in [4.78, 5) is 27.9. The van der Waals surface area contributed by atoms with Crippen molar-refractivity contribution >= 4 is 17.5 Å². The summed E-state index contributed by atoms with van der Waals surface area (Å²) in [7, 11) is 0. The first-order chi connectivity index (χ1) is 11.0. The molecule has 1 aromatic rings. The lowest BCUT2D eigenvalue weighted by Gasteiger charge is -2.32. The predicted octanol–water partition coefficient (Wildman–Crippen LogP) is 2.70. The number of likely N-dealkylation sites (tertiary alicyclic amines) is 1. The van der Waals surface area contributed by atoms with Gasteiger partial charge in [-0.25, -0.2) is 0 Å². The molecule has 1 heterocycles. The number of rotatable bonds is 5. The third-order valence-electron chi connectivity index (χ3n) is 4.14. The van der Waals surface area contributed by atoms with Gasteiger partial charge in [-0.2, -0.15) is 0 Å². The Balaban J connectivity index is 2.06. The Bertz CT molecular complexity index is 542. The number of hydrogen-bond acceptors (Lipinski definition) is 3. The molecule has 1 unspecified atom stereocenters. The number of anilines is 1. The van der Waals surface area contributed by atoms with E-state index < -0.39 is 0 Å². The summed E-state index contributed by atoms with van der Waals surface area (Å²) in [5.41, 5.74) is 0.722. The van der Waals surface area contributed by atoms with Gasteiger partial charge in [0.25, 0.3) is 0 Å². The van der Waals surface area contributed by atoms with Gasteiger partial charge in [-0.05, 0) is 49.9 Å². The van der Waals surface area contributed by atoms with Crippen molar-refractivity contribution in [2.24, 2.45) is 5.92 Å². The summed E-state index contributed by atoms with van der Waals surface area (Å²) < 4.78 is 5.41. The van der Waals surface area contributed by atoms with Crippen molar-refractivity contribution in [1.29, 1.82) is 0 Å². The normalized spacial score (nSPS) is 17.7. The number of ether oxygens (including phenoxy) is 1. The molecule has 23 heavy (non-hydrogen) atoms. The highest BCUT2D eigenvalue weighted by Gasteiger charge is 2.24. The van der Waals surface area contributed by atoms with Crippen molar-refractivity contribution in [2.45, 2.75) is 33.6 Å². The van der Waals surface area contributed by atoms with E-state index in [2.05, 4.69) is 6.92 Å². The Hall–Kier alpha value is -2.04. The van der Waals surface area contributed by atoms with E-state index in [0.29, 0.717) is 12.5 Å². The summed E-state index contributed by atoms with van der Waals surface area (Å²) in [6, 6.07) is 7.28. The second kappa shape index (κ2) is 7.99. The molecule has 2 rings (SSSR count). The van der Waals surface area contributed by atoms with Gasteiger partial charge in [0.1, 0.15) is 12.3 Å². The summed E-state index contributed by atoms with van der Waals surface area (Å²) >= 11 is 0. The second-order valence-corrected chi connectivity index (χ2v) is 6.12. The topological polar surface area (TPSA) is 49.9 Å². The molecule has 1 fully saturated rings. The molecular formula is C18H26N2O3. The molecule has 1 aliphatic heterocycles. The number of amides is 2. The number of carbonyl (C=O) groups is 2. The van der Waals surface area contributed by atoms with E-state index >= 15 is 0 Å². The fourth-order valence-corrected chi connectivity index (χ4v) is 2.92. The zero-order valence-electron chi connectivity index (χ0n) is 14.2. The molecule has 5 heteroatoms. The average molecular weight is 318 g/mol. The Morgan fingerprint density at radius 1 is 1.30 bits per heavy atom. The van der Waals surface area contributed by atoms with Gasteiger partial charge in [0.05, 0.1) is 6.61 Å². The van der Waals surface area contributed by atoms with Crippen LogP contribution in [0.5, 0.6) is 5.75 Å². The quantitative estimate of drug-likeness (QED) is 0.839. The van der Waals surface area contributed by atoms with Crippen LogP contribution in [0.1, 0.15) is 33.6 Å². The smallest absolute Gasteiger partial charge is 0.242 e. The zero-order chi connectivity index (χ0) is 16.8. The Morgan fingerprint density at radius 3 is 2.57 bits per heavy atom. The molecule has 0 bridgehead atoms. The van der Waals surface area contributed by atoms with Gasteiger partial charge < -0.3 is 14.5 Å². The van der Waals surface area contributed by atoms with E-state index in [1.165, 1.54) is 18.2 Å². The largest absolute Gasteiger partial charge is 0.494 e. The van der Waals surface area contributed by atoms with Crippen LogP contribution in [0.25, 0.3) is 0 Å². The van der Waals surface area contributed by atoms with Crippen LogP contribution < -0.4 is 9.64 Å². The molecule has 126 valence electrons. The molecule has 1 aliphatic rings. The molecule has 0 saturated carbocycles. The van der Waals surface area contributed by atoms with Crippen LogP contribution in [0.3, 0.4) is 0 Å². The number of hydrogen-bond donors (Lipinski definition) is 0. The first-order valence-corrected chi connectivity index (χ1v) is 8.30. The molecule has 0 radical (unpaired) electrons. The molecular weight excluding hydrogens is 292 g/mol. The summed E-state index contributed by atoms with van der Waals surface area (Å²) in [6.45, 7) is 7.84. The van der Waals surface area contributed by atoms with Gasteiger partial charge in [0.15, 0.2) is 0 Å². The lowest BCUT2D eigenvalue weighted by Crippen LogP contribution is -2.46. The summed E-state index contributed by atoms with van der Waals surface area (Å²) in [6.07, 6.45) is 2.20. The fraction of sp³-hybridized carbons (Fsp3) is 0.556. The minimum atomic E-state index is -0.132. The minimum absolute atomic E-state index is 0.0145. The average Bonchev–Trinajstić information content (AvgIpc) is 2.53. The van der Waals surface area contributed by atoms with Gasteiger partial charge in [-0.3, -0.25) is 9.59 Å². The lowest BCUT2D eigenvalue weighted by molar-refractivity contribution is -0.132. The van der Waals surface area contributed by atoms with Gasteiger partial charge >= 0.3 is 0 Å². The summed E-state index contributed by atoms with van der Waals surface area (Å²) in [5.74, 6) is 1.17. The van der Waals surface area contributed by atoms with Crippen molar-refractivity contribution in [2.75, 3.05) is 31.1 Å². The monoisotopic (exact) mass is 318 g/mol. The van der Waals surface area contributed by atoms with Crippen LogP contribution in [0.2, 0.25) is 0 Å². The Kier molecular flexibility index (Phi) is 6.02. The highest BCUT2D eigenvalue weighted by Crippen LogP contribution is 2.21. The maximum absolute atomic E-state index is 12.5. The van der Waals surface area contributed by atoms with E-state index in [0.717, 1.165) is 30.9 Å². The predicted molar refractivity (Wildman–Crippen MR) is 90.6 cm³/mol. The number of piperidine rings is 1. The molecule has 1 atom stereocenters. The third-order valence-corrected chi connectivity index (χ3v) is 4.14. The zero-order valence-corrected chi connectivity index (χ0v) is 14.2. The van der Waals surface area contributed by atoms with Crippen molar-refractivity contribution in [3.63, 3.8) is 0 Å².